The molecule has 2 rings (SSSR count). The molecule has 88 valence electrons. The number of halogens is 2. The fraction of sp³-hybridized carbons (Fsp3) is 0.143. The molecule has 1 nitrogen and oxygen atoms in total. The first-order chi connectivity index (χ1) is 8.25. The van der Waals surface area contributed by atoms with Gasteiger partial charge in [-0.15, -0.1) is 0 Å². The van der Waals surface area contributed by atoms with Gasteiger partial charge in [0, 0.05) is 11.1 Å². The smallest absolute Gasteiger partial charge is 0.132 e. The summed E-state index contributed by atoms with van der Waals surface area (Å²) in [5, 5.41) is 1.99. The molecule has 0 aliphatic carbocycles. The van der Waals surface area contributed by atoms with Crippen LogP contribution in [0.15, 0.2) is 48.5 Å². The fourth-order valence-electron chi connectivity index (χ4n) is 1.68. The topological polar surface area (TPSA) is 16.6 Å². The highest BCUT2D eigenvalue weighted by atomic mass is 19.1. The third-order valence-corrected chi connectivity index (χ3v) is 2.62. The van der Waals surface area contributed by atoms with Gasteiger partial charge in [-0.25, -0.2) is 8.78 Å². The lowest BCUT2D eigenvalue weighted by molar-refractivity contribution is -0.686. The summed E-state index contributed by atoms with van der Waals surface area (Å²) < 4.78 is 26.0. The standard InChI is InChI=1S/C14H13F2N/c15-13-7-5-11(6-8-13)9-17-10-12-3-1-2-4-14(12)16/h1-8,17H,9-10H2/p+1. The molecular formula is C14H14F2N+. The predicted molar refractivity (Wildman–Crippen MR) is 62.1 cm³/mol. The van der Waals surface area contributed by atoms with Gasteiger partial charge in [-0.1, -0.05) is 30.3 Å². The first-order valence-electron chi connectivity index (χ1n) is 5.55. The van der Waals surface area contributed by atoms with Gasteiger partial charge in [0.25, 0.3) is 0 Å². The Bertz CT molecular complexity index is 480. The van der Waals surface area contributed by atoms with Crippen molar-refractivity contribution in [3.8, 4) is 0 Å². The van der Waals surface area contributed by atoms with E-state index >= 15 is 0 Å². The van der Waals surface area contributed by atoms with E-state index in [-0.39, 0.29) is 11.6 Å². The highest BCUT2D eigenvalue weighted by Gasteiger charge is 2.02. The van der Waals surface area contributed by atoms with Gasteiger partial charge in [-0.05, 0) is 18.2 Å². The van der Waals surface area contributed by atoms with Crippen molar-refractivity contribution in [3.05, 3.63) is 71.3 Å². The minimum atomic E-state index is -0.233. The third-order valence-electron chi connectivity index (χ3n) is 2.62. The van der Waals surface area contributed by atoms with Crippen molar-refractivity contribution in [2.45, 2.75) is 13.1 Å². The number of nitrogens with two attached hydrogens (primary N) is 1. The summed E-state index contributed by atoms with van der Waals surface area (Å²) in [5.74, 6) is -0.411. The van der Waals surface area contributed by atoms with Crippen LogP contribution in [-0.4, -0.2) is 0 Å². The highest BCUT2D eigenvalue weighted by molar-refractivity contribution is 5.16. The zero-order valence-electron chi connectivity index (χ0n) is 9.37. The van der Waals surface area contributed by atoms with Crippen LogP contribution in [0.2, 0.25) is 0 Å². The zero-order chi connectivity index (χ0) is 12.1. The van der Waals surface area contributed by atoms with E-state index < -0.39 is 0 Å². The molecule has 0 spiro atoms. The first kappa shape index (κ1) is 11.7. The van der Waals surface area contributed by atoms with Gasteiger partial charge in [0.05, 0.1) is 0 Å². The average molecular weight is 234 g/mol. The molecule has 0 atom stereocenters. The van der Waals surface area contributed by atoms with Crippen LogP contribution in [0.3, 0.4) is 0 Å². The van der Waals surface area contributed by atoms with Crippen molar-refractivity contribution in [3.63, 3.8) is 0 Å². The van der Waals surface area contributed by atoms with E-state index in [1.54, 1.807) is 24.3 Å². The van der Waals surface area contributed by atoms with Crippen molar-refractivity contribution in [1.29, 1.82) is 0 Å². The molecule has 2 N–H and O–H groups in total. The normalized spacial score (nSPS) is 10.5. The number of hydrogen-bond donors (Lipinski definition) is 1. The van der Waals surface area contributed by atoms with Crippen LogP contribution in [0.1, 0.15) is 11.1 Å². The van der Waals surface area contributed by atoms with Gasteiger partial charge >= 0.3 is 0 Å². The Morgan fingerprint density at radius 1 is 0.824 bits per heavy atom. The maximum atomic E-state index is 13.3. The fourth-order valence-corrected chi connectivity index (χ4v) is 1.68. The Balaban J connectivity index is 1.88. The lowest BCUT2D eigenvalue weighted by Gasteiger charge is -2.03. The lowest BCUT2D eigenvalue weighted by Crippen LogP contribution is -2.80. The molecule has 0 aliphatic rings. The summed E-state index contributed by atoms with van der Waals surface area (Å²) in [6.07, 6.45) is 0. The predicted octanol–water partition coefficient (Wildman–Crippen LogP) is 2.23. The number of quaternary nitrogens is 1. The second-order valence-electron chi connectivity index (χ2n) is 3.91. The zero-order valence-corrected chi connectivity index (χ0v) is 9.37. The second-order valence-corrected chi connectivity index (χ2v) is 3.91. The molecule has 17 heavy (non-hydrogen) atoms. The first-order valence-corrected chi connectivity index (χ1v) is 5.55. The van der Waals surface area contributed by atoms with Gasteiger partial charge in [-0.2, -0.15) is 0 Å². The van der Waals surface area contributed by atoms with Crippen LogP contribution in [0, 0.1) is 11.6 Å². The molecule has 0 radical (unpaired) electrons. The average Bonchev–Trinajstić information content (AvgIpc) is 2.34. The van der Waals surface area contributed by atoms with Crippen LogP contribution < -0.4 is 5.32 Å². The van der Waals surface area contributed by atoms with Crippen LogP contribution in [0.5, 0.6) is 0 Å². The summed E-state index contributed by atoms with van der Waals surface area (Å²) in [6.45, 7) is 1.30. The summed E-state index contributed by atoms with van der Waals surface area (Å²) in [4.78, 5) is 0. The third kappa shape index (κ3) is 3.36. The van der Waals surface area contributed by atoms with Crippen LogP contribution in [-0.2, 0) is 13.1 Å². The number of benzene rings is 2. The summed E-state index contributed by atoms with van der Waals surface area (Å²) >= 11 is 0. The van der Waals surface area contributed by atoms with E-state index in [1.165, 1.54) is 18.2 Å². The highest BCUT2D eigenvalue weighted by Crippen LogP contribution is 2.04. The lowest BCUT2D eigenvalue weighted by atomic mass is 10.2. The van der Waals surface area contributed by atoms with Crippen molar-refractivity contribution in [2.24, 2.45) is 0 Å². The van der Waals surface area contributed by atoms with Gasteiger partial charge in [0.2, 0.25) is 0 Å². The summed E-state index contributed by atoms with van der Waals surface area (Å²) in [6, 6.07) is 13.1. The Labute approximate surface area is 99.1 Å². The Morgan fingerprint density at radius 3 is 2.24 bits per heavy atom. The van der Waals surface area contributed by atoms with Gasteiger partial charge in [0.15, 0.2) is 0 Å². The molecule has 3 heteroatoms. The van der Waals surface area contributed by atoms with Crippen LogP contribution >= 0.6 is 0 Å². The maximum Gasteiger partial charge on any atom is 0.132 e. The summed E-state index contributed by atoms with van der Waals surface area (Å²) in [5.41, 5.74) is 1.72. The van der Waals surface area contributed by atoms with Crippen molar-refractivity contribution in [1.82, 2.24) is 0 Å². The van der Waals surface area contributed by atoms with Gasteiger partial charge in [0.1, 0.15) is 24.7 Å². The molecule has 0 saturated heterocycles. The molecule has 0 aliphatic heterocycles. The van der Waals surface area contributed by atoms with E-state index in [0.29, 0.717) is 18.7 Å². The molecule has 0 saturated carbocycles. The van der Waals surface area contributed by atoms with E-state index in [2.05, 4.69) is 0 Å². The van der Waals surface area contributed by atoms with Crippen molar-refractivity contribution < 1.29 is 14.1 Å². The minimum Gasteiger partial charge on any atom is -0.339 e. The summed E-state index contributed by atoms with van der Waals surface area (Å²) in [7, 11) is 0. The SMILES string of the molecule is Fc1ccc(C[NH2+]Cc2ccccc2F)cc1. The van der Waals surface area contributed by atoms with Crippen LogP contribution in [0.25, 0.3) is 0 Å². The quantitative estimate of drug-likeness (QED) is 0.835. The monoisotopic (exact) mass is 234 g/mol. The molecule has 0 bridgehead atoms. The Hall–Kier alpha value is -1.74. The molecule has 2 aromatic rings. The Morgan fingerprint density at radius 2 is 1.53 bits per heavy atom. The largest absolute Gasteiger partial charge is 0.339 e. The second kappa shape index (κ2) is 5.55. The van der Waals surface area contributed by atoms with E-state index in [4.69, 9.17) is 0 Å². The molecule has 0 amide bonds. The number of hydrogen-bond acceptors (Lipinski definition) is 0. The van der Waals surface area contributed by atoms with E-state index in [9.17, 15) is 8.78 Å². The van der Waals surface area contributed by atoms with Gasteiger partial charge < -0.3 is 5.32 Å². The van der Waals surface area contributed by atoms with Crippen molar-refractivity contribution in [2.75, 3.05) is 0 Å². The molecule has 0 heterocycles. The van der Waals surface area contributed by atoms with Gasteiger partial charge in [-0.3, -0.25) is 0 Å². The number of rotatable bonds is 4. The Kier molecular flexibility index (Phi) is 3.83. The molecule has 0 fully saturated rings. The van der Waals surface area contributed by atoms with E-state index in [1.807, 2.05) is 11.4 Å². The molecule has 0 aromatic heterocycles. The molecular weight excluding hydrogens is 220 g/mol. The van der Waals surface area contributed by atoms with Crippen LogP contribution in [0.4, 0.5) is 8.78 Å². The van der Waals surface area contributed by atoms with Crippen molar-refractivity contribution >= 4 is 0 Å². The maximum absolute atomic E-state index is 13.3. The van der Waals surface area contributed by atoms with E-state index in [0.717, 1.165) is 5.56 Å². The minimum absolute atomic E-state index is 0.178. The molecule has 2 aromatic carbocycles. The molecule has 0 unspecified atom stereocenters.